The Kier molecular flexibility index (Phi) is 10.2. The summed E-state index contributed by atoms with van der Waals surface area (Å²) in [5, 5.41) is 0. The molecule has 0 aromatic rings. The Labute approximate surface area is 89.2 Å². The number of thiol groups is 1. The van der Waals surface area contributed by atoms with E-state index in [1.54, 1.807) is 0 Å². The van der Waals surface area contributed by atoms with E-state index >= 15 is 0 Å². The van der Waals surface area contributed by atoms with Crippen molar-refractivity contribution in [2.75, 3.05) is 5.75 Å². The number of unbranched alkanes of at least 4 members (excludes halogenated alkanes) is 4. The van der Waals surface area contributed by atoms with E-state index < -0.39 is 0 Å². The second-order valence-electron chi connectivity index (χ2n) is 3.85. The predicted octanol–water partition coefficient (Wildman–Crippen LogP) is 4.47. The fourth-order valence-electron chi connectivity index (χ4n) is 1.37. The molecule has 0 N–H and O–H groups in total. The molecule has 0 aromatic heterocycles. The summed E-state index contributed by atoms with van der Waals surface area (Å²) in [6.45, 7) is 4.38. The van der Waals surface area contributed by atoms with Gasteiger partial charge in [-0.1, -0.05) is 38.3 Å². The first-order chi connectivity index (χ1) is 6.31. The molecule has 13 heavy (non-hydrogen) atoms. The van der Waals surface area contributed by atoms with Crippen molar-refractivity contribution in [1.82, 2.24) is 0 Å². The maximum atomic E-state index is 4.28. The first kappa shape index (κ1) is 13.1. The molecule has 1 unspecified atom stereocenters. The maximum absolute atomic E-state index is 4.28. The third kappa shape index (κ3) is 10.0. The highest BCUT2D eigenvalue weighted by molar-refractivity contribution is 7.80. The van der Waals surface area contributed by atoms with Crippen LogP contribution in [0.2, 0.25) is 0 Å². The Bertz CT molecular complexity index is 118. The standard InChI is InChI=1S/C12H24S/c1-3-4-5-6-7-8-9-10-12(2)11-13/h3-4,12-13H,5-11H2,1-2H3/b4-3+. The van der Waals surface area contributed by atoms with Crippen LogP contribution in [0.25, 0.3) is 0 Å². The molecule has 0 nitrogen and oxygen atoms in total. The molecule has 1 heteroatoms. The normalized spacial score (nSPS) is 13.8. The Balaban J connectivity index is 2.99. The Hall–Kier alpha value is 0.0900. The molecular weight excluding hydrogens is 176 g/mol. The zero-order valence-corrected chi connectivity index (χ0v) is 10.0. The SMILES string of the molecule is C/C=C/CCCCCCC(C)CS. The lowest BCUT2D eigenvalue weighted by Gasteiger charge is -2.06. The minimum Gasteiger partial charge on any atom is -0.179 e. The van der Waals surface area contributed by atoms with E-state index in [1.165, 1.54) is 38.5 Å². The van der Waals surface area contributed by atoms with Crippen molar-refractivity contribution in [3.8, 4) is 0 Å². The highest BCUT2D eigenvalue weighted by Gasteiger charge is 1.97. The van der Waals surface area contributed by atoms with Crippen LogP contribution in [0.4, 0.5) is 0 Å². The number of rotatable bonds is 8. The van der Waals surface area contributed by atoms with Crippen molar-refractivity contribution < 1.29 is 0 Å². The fraction of sp³-hybridized carbons (Fsp3) is 0.833. The van der Waals surface area contributed by atoms with Gasteiger partial charge in [0.15, 0.2) is 0 Å². The van der Waals surface area contributed by atoms with Gasteiger partial charge in [-0.3, -0.25) is 0 Å². The van der Waals surface area contributed by atoms with Gasteiger partial charge in [-0.15, -0.1) is 0 Å². The van der Waals surface area contributed by atoms with Gasteiger partial charge in [0.1, 0.15) is 0 Å². The molecule has 0 aliphatic heterocycles. The van der Waals surface area contributed by atoms with E-state index in [-0.39, 0.29) is 0 Å². The summed E-state index contributed by atoms with van der Waals surface area (Å²) in [4.78, 5) is 0. The smallest absolute Gasteiger partial charge is 0.00721 e. The molecule has 0 aliphatic rings. The largest absolute Gasteiger partial charge is 0.179 e. The van der Waals surface area contributed by atoms with Crippen LogP contribution in [0.15, 0.2) is 12.2 Å². The van der Waals surface area contributed by atoms with Gasteiger partial charge in [-0.25, -0.2) is 0 Å². The predicted molar refractivity (Wildman–Crippen MR) is 65.5 cm³/mol. The van der Waals surface area contributed by atoms with Crippen LogP contribution in [-0.4, -0.2) is 5.75 Å². The number of hydrogen-bond donors (Lipinski definition) is 1. The average molecular weight is 200 g/mol. The highest BCUT2D eigenvalue weighted by Crippen LogP contribution is 2.12. The molecule has 0 heterocycles. The van der Waals surface area contributed by atoms with Crippen LogP contribution in [-0.2, 0) is 0 Å². The van der Waals surface area contributed by atoms with Gasteiger partial charge in [0.2, 0.25) is 0 Å². The van der Waals surface area contributed by atoms with Crippen molar-refractivity contribution in [3.63, 3.8) is 0 Å². The minimum absolute atomic E-state index is 0.805. The van der Waals surface area contributed by atoms with Crippen LogP contribution in [0.1, 0.15) is 52.4 Å². The first-order valence-electron chi connectivity index (χ1n) is 5.53. The molecule has 0 radical (unpaired) electrons. The average Bonchev–Trinajstić information content (AvgIpc) is 2.16. The Morgan fingerprint density at radius 2 is 1.85 bits per heavy atom. The van der Waals surface area contributed by atoms with E-state index in [1.807, 2.05) is 0 Å². The Morgan fingerprint density at radius 3 is 2.46 bits per heavy atom. The lowest BCUT2D eigenvalue weighted by Crippen LogP contribution is -1.95. The summed E-state index contributed by atoms with van der Waals surface area (Å²) in [7, 11) is 0. The molecule has 0 spiro atoms. The van der Waals surface area contributed by atoms with Gasteiger partial charge in [0.05, 0.1) is 0 Å². The van der Waals surface area contributed by atoms with Gasteiger partial charge in [0, 0.05) is 0 Å². The summed E-state index contributed by atoms with van der Waals surface area (Å²) >= 11 is 4.28. The van der Waals surface area contributed by atoms with Crippen molar-refractivity contribution in [3.05, 3.63) is 12.2 Å². The van der Waals surface area contributed by atoms with E-state index in [2.05, 4.69) is 38.6 Å². The molecule has 0 amide bonds. The number of allylic oxidation sites excluding steroid dienone is 2. The molecule has 0 bridgehead atoms. The van der Waals surface area contributed by atoms with Crippen LogP contribution in [0, 0.1) is 5.92 Å². The molecule has 0 saturated carbocycles. The zero-order valence-electron chi connectivity index (χ0n) is 9.13. The topological polar surface area (TPSA) is 0 Å². The zero-order chi connectivity index (χ0) is 9.94. The lowest BCUT2D eigenvalue weighted by molar-refractivity contribution is 0.527. The van der Waals surface area contributed by atoms with Crippen LogP contribution in [0.3, 0.4) is 0 Å². The molecule has 0 fully saturated rings. The van der Waals surface area contributed by atoms with Crippen LogP contribution in [0.5, 0.6) is 0 Å². The van der Waals surface area contributed by atoms with Gasteiger partial charge in [0.25, 0.3) is 0 Å². The summed E-state index contributed by atoms with van der Waals surface area (Å²) in [5.41, 5.74) is 0. The first-order valence-corrected chi connectivity index (χ1v) is 6.16. The van der Waals surface area contributed by atoms with Crippen LogP contribution >= 0.6 is 12.6 Å². The molecule has 0 aliphatic carbocycles. The molecule has 78 valence electrons. The molecule has 1 atom stereocenters. The molecular formula is C12H24S. The Morgan fingerprint density at radius 1 is 1.15 bits per heavy atom. The maximum Gasteiger partial charge on any atom is -0.00721 e. The lowest BCUT2D eigenvalue weighted by atomic mass is 10.0. The quantitative estimate of drug-likeness (QED) is 0.333. The molecule has 0 aromatic carbocycles. The van der Waals surface area contributed by atoms with Gasteiger partial charge >= 0.3 is 0 Å². The van der Waals surface area contributed by atoms with Gasteiger partial charge < -0.3 is 0 Å². The van der Waals surface area contributed by atoms with E-state index in [0.29, 0.717) is 0 Å². The summed E-state index contributed by atoms with van der Waals surface area (Å²) in [6.07, 6.45) is 12.6. The van der Waals surface area contributed by atoms with Crippen molar-refractivity contribution in [1.29, 1.82) is 0 Å². The number of hydrogen-bond acceptors (Lipinski definition) is 1. The second kappa shape index (κ2) is 10.2. The summed E-state index contributed by atoms with van der Waals surface area (Å²) in [6, 6.07) is 0. The van der Waals surface area contributed by atoms with E-state index in [0.717, 1.165) is 11.7 Å². The van der Waals surface area contributed by atoms with Gasteiger partial charge in [-0.2, -0.15) is 12.6 Å². The summed E-state index contributed by atoms with van der Waals surface area (Å²) < 4.78 is 0. The van der Waals surface area contributed by atoms with Crippen molar-refractivity contribution >= 4 is 12.6 Å². The van der Waals surface area contributed by atoms with E-state index in [9.17, 15) is 0 Å². The summed E-state index contributed by atoms with van der Waals surface area (Å²) in [5.74, 6) is 1.84. The highest BCUT2D eigenvalue weighted by atomic mass is 32.1. The van der Waals surface area contributed by atoms with Crippen LogP contribution < -0.4 is 0 Å². The third-order valence-electron chi connectivity index (χ3n) is 2.37. The molecule has 0 saturated heterocycles. The van der Waals surface area contributed by atoms with Gasteiger partial charge in [-0.05, 0) is 37.9 Å². The molecule has 0 rings (SSSR count). The van der Waals surface area contributed by atoms with Crippen molar-refractivity contribution in [2.45, 2.75) is 52.4 Å². The van der Waals surface area contributed by atoms with Crippen molar-refractivity contribution in [2.24, 2.45) is 5.92 Å². The van der Waals surface area contributed by atoms with E-state index in [4.69, 9.17) is 0 Å². The third-order valence-corrected chi connectivity index (χ3v) is 2.99. The monoisotopic (exact) mass is 200 g/mol. The second-order valence-corrected chi connectivity index (χ2v) is 4.21. The minimum atomic E-state index is 0.805. The fourth-order valence-corrected chi connectivity index (χ4v) is 1.55.